The van der Waals surface area contributed by atoms with Gasteiger partial charge in [-0.1, -0.05) is 18.2 Å². The highest BCUT2D eigenvalue weighted by Crippen LogP contribution is 2.25. The van der Waals surface area contributed by atoms with Crippen LogP contribution >= 0.6 is 0 Å². The van der Waals surface area contributed by atoms with Crippen molar-refractivity contribution in [3.05, 3.63) is 78.6 Å². The highest BCUT2D eigenvalue weighted by atomic mass is 19.1. The Morgan fingerprint density at radius 3 is 2.67 bits per heavy atom. The summed E-state index contributed by atoms with van der Waals surface area (Å²) >= 11 is 0. The van der Waals surface area contributed by atoms with Crippen LogP contribution in [-0.2, 0) is 6.54 Å². The van der Waals surface area contributed by atoms with Crippen molar-refractivity contribution in [2.24, 2.45) is 0 Å². The molecule has 6 nitrogen and oxygen atoms in total. The van der Waals surface area contributed by atoms with E-state index in [1.807, 2.05) is 34.9 Å². The summed E-state index contributed by atoms with van der Waals surface area (Å²) in [5.41, 5.74) is 3.25. The number of imidazole rings is 1. The lowest BCUT2D eigenvalue weighted by Crippen LogP contribution is -2.31. The number of carbonyl (C=O) groups is 1. The number of hydrogen-bond acceptors (Lipinski definition) is 3. The van der Waals surface area contributed by atoms with Gasteiger partial charge in [0.1, 0.15) is 17.4 Å². The number of nitrogens with zero attached hydrogens (tertiary/aromatic N) is 2. The molecular formula is C23H21FN4O2. The first-order valence-electron chi connectivity index (χ1n) is 9.54. The van der Waals surface area contributed by atoms with Gasteiger partial charge in [0.25, 0.3) is 0 Å². The Kier molecular flexibility index (Phi) is 5.61. The predicted octanol–water partition coefficient (Wildman–Crippen LogP) is 4.67. The molecule has 152 valence electrons. The van der Waals surface area contributed by atoms with E-state index in [4.69, 9.17) is 9.72 Å². The smallest absolute Gasteiger partial charge is 0.319 e. The van der Waals surface area contributed by atoms with Gasteiger partial charge in [-0.3, -0.25) is 0 Å². The number of amides is 2. The number of hydrogen-bond donors (Lipinski definition) is 2. The number of nitrogens with one attached hydrogen (secondary N) is 2. The molecule has 0 aliphatic heterocycles. The van der Waals surface area contributed by atoms with Gasteiger partial charge in [-0.15, -0.1) is 0 Å². The molecule has 0 fully saturated rings. The highest BCUT2D eigenvalue weighted by Gasteiger charge is 2.13. The number of carbonyl (C=O) groups excluding carboxylic acids is 1. The summed E-state index contributed by atoms with van der Waals surface area (Å²) in [6.07, 6.45) is 0. The maximum atomic E-state index is 13.3. The first-order valence-corrected chi connectivity index (χ1v) is 9.54. The average Bonchev–Trinajstić information content (AvgIpc) is 3.13. The molecule has 3 aromatic carbocycles. The summed E-state index contributed by atoms with van der Waals surface area (Å²) in [5.74, 6) is 1.10. The van der Waals surface area contributed by atoms with Gasteiger partial charge in [0.05, 0.1) is 18.1 Å². The predicted molar refractivity (Wildman–Crippen MR) is 115 cm³/mol. The third-order valence-corrected chi connectivity index (χ3v) is 4.71. The summed E-state index contributed by atoms with van der Waals surface area (Å²) in [4.78, 5) is 17.0. The van der Waals surface area contributed by atoms with Crippen molar-refractivity contribution in [3.8, 4) is 17.1 Å². The fraction of sp³-hybridized carbons (Fsp3) is 0.130. The molecule has 1 aromatic heterocycles. The molecule has 0 saturated carbocycles. The zero-order valence-corrected chi connectivity index (χ0v) is 16.4. The van der Waals surface area contributed by atoms with E-state index in [9.17, 15) is 9.18 Å². The van der Waals surface area contributed by atoms with Gasteiger partial charge in [0.15, 0.2) is 0 Å². The van der Waals surface area contributed by atoms with E-state index >= 15 is 0 Å². The second kappa shape index (κ2) is 8.65. The second-order valence-electron chi connectivity index (χ2n) is 6.70. The van der Waals surface area contributed by atoms with E-state index in [1.54, 1.807) is 37.4 Å². The first-order chi connectivity index (χ1) is 14.6. The highest BCUT2D eigenvalue weighted by molar-refractivity contribution is 5.89. The average molecular weight is 404 g/mol. The second-order valence-corrected chi connectivity index (χ2v) is 6.70. The lowest BCUT2D eigenvalue weighted by molar-refractivity contribution is 0.251. The minimum atomic E-state index is -0.309. The fourth-order valence-electron chi connectivity index (χ4n) is 3.28. The molecule has 2 amide bonds. The number of methoxy groups -OCH3 is 1. The van der Waals surface area contributed by atoms with E-state index in [0.29, 0.717) is 24.5 Å². The van der Waals surface area contributed by atoms with Gasteiger partial charge in [-0.2, -0.15) is 0 Å². The van der Waals surface area contributed by atoms with Crippen molar-refractivity contribution in [1.82, 2.24) is 14.9 Å². The quantitative estimate of drug-likeness (QED) is 0.491. The molecule has 7 heteroatoms. The molecule has 30 heavy (non-hydrogen) atoms. The van der Waals surface area contributed by atoms with Crippen molar-refractivity contribution >= 4 is 22.8 Å². The molecule has 0 bridgehead atoms. The van der Waals surface area contributed by atoms with E-state index < -0.39 is 0 Å². The largest absolute Gasteiger partial charge is 0.497 e. The maximum Gasteiger partial charge on any atom is 0.319 e. The van der Waals surface area contributed by atoms with Crippen molar-refractivity contribution in [2.75, 3.05) is 19.0 Å². The van der Waals surface area contributed by atoms with Gasteiger partial charge in [-0.25, -0.2) is 14.2 Å². The molecule has 0 unspecified atom stereocenters. The lowest BCUT2D eigenvalue weighted by Gasteiger charge is -2.12. The molecule has 2 N–H and O–H groups in total. The van der Waals surface area contributed by atoms with Crippen LogP contribution in [0.25, 0.3) is 22.4 Å². The summed E-state index contributed by atoms with van der Waals surface area (Å²) < 4.78 is 20.5. The molecule has 0 atom stereocenters. The van der Waals surface area contributed by atoms with Crippen LogP contribution in [0.5, 0.6) is 5.75 Å². The third kappa shape index (κ3) is 4.25. The van der Waals surface area contributed by atoms with Crippen LogP contribution in [0.2, 0.25) is 0 Å². The van der Waals surface area contributed by atoms with Gasteiger partial charge in [-0.05, 0) is 48.5 Å². The Hall–Kier alpha value is -3.87. The van der Waals surface area contributed by atoms with E-state index in [-0.39, 0.29) is 11.8 Å². The minimum absolute atomic E-state index is 0.294. The normalized spacial score (nSPS) is 10.7. The van der Waals surface area contributed by atoms with Crippen LogP contribution in [0.3, 0.4) is 0 Å². The zero-order valence-electron chi connectivity index (χ0n) is 16.4. The number of aromatic nitrogens is 2. The summed E-state index contributed by atoms with van der Waals surface area (Å²) in [6, 6.07) is 20.9. The SMILES string of the molecule is COc1cccc(NC(=O)NCCn2c(-c3ccc(F)cc3)nc3ccccc32)c1. The van der Waals surface area contributed by atoms with Crippen molar-refractivity contribution in [2.45, 2.75) is 6.54 Å². The molecule has 0 aliphatic rings. The number of anilines is 1. The van der Waals surface area contributed by atoms with Crippen LogP contribution in [-0.4, -0.2) is 29.2 Å². The van der Waals surface area contributed by atoms with Gasteiger partial charge in [0, 0.05) is 30.4 Å². The zero-order chi connectivity index (χ0) is 20.9. The summed E-state index contributed by atoms with van der Waals surface area (Å²) in [7, 11) is 1.58. The summed E-state index contributed by atoms with van der Waals surface area (Å²) in [5, 5.41) is 5.65. The minimum Gasteiger partial charge on any atom is -0.497 e. The Balaban J connectivity index is 1.48. The van der Waals surface area contributed by atoms with Crippen molar-refractivity contribution in [1.29, 1.82) is 0 Å². The first kappa shape index (κ1) is 19.4. The van der Waals surface area contributed by atoms with Gasteiger partial charge >= 0.3 is 6.03 Å². The maximum absolute atomic E-state index is 13.3. The lowest BCUT2D eigenvalue weighted by atomic mass is 10.2. The van der Waals surface area contributed by atoms with Crippen molar-refractivity contribution in [3.63, 3.8) is 0 Å². The van der Waals surface area contributed by atoms with Crippen LogP contribution in [0.15, 0.2) is 72.8 Å². The molecule has 4 rings (SSSR count). The van der Waals surface area contributed by atoms with Gasteiger partial charge < -0.3 is 19.9 Å². The molecule has 0 saturated heterocycles. The van der Waals surface area contributed by atoms with Crippen LogP contribution < -0.4 is 15.4 Å². The molecule has 0 aliphatic carbocycles. The van der Waals surface area contributed by atoms with Crippen molar-refractivity contribution < 1.29 is 13.9 Å². The molecule has 0 radical (unpaired) electrons. The Bertz CT molecular complexity index is 1170. The Morgan fingerprint density at radius 2 is 1.87 bits per heavy atom. The Labute approximate surface area is 173 Å². The number of benzene rings is 3. The number of rotatable bonds is 6. The fourth-order valence-corrected chi connectivity index (χ4v) is 3.28. The van der Waals surface area contributed by atoms with Crippen LogP contribution in [0.4, 0.5) is 14.9 Å². The van der Waals surface area contributed by atoms with Crippen LogP contribution in [0, 0.1) is 5.82 Å². The number of ether oxygens (including phenoxy) is 1. The summed E-state index contributed by atoms with van der Waals surface area (Å²) in [6.45, 7) is 0.906. The van der Waals surface area contributed by atoms with Crippen LogP contribution in [0.1, 0.15) is 0 Å². The molecule has 0 spiro atoms. The van der Waals surface area contributed by atoms with Gasteiger partial charge in [0.2, 0.25) is 0 Å². The molecular weight excluding hydrogens is 383 g/mol. The topological polar surface area (TPSA) is 68.2 Å². The standard InChI is InChI=1S/C23H21FN4O2/c1-30-19-6-4-5-18(15-19)26-23(29)25-13-14-28-21-8-3-2-7-20(21)27-22(28)16-9-11-17(24)12-10-16/h2-12,15H,13-14H2,1H3,(H2,25,26,29). The number of para-hydroxylation sites is 2. The molecule has 4 aromatic rings. The number of halogens is 1. The number of urea groups is 1. The van der Waals surface area contributed by atoms with E-state index in [1.165, 1.54) is 12.1 Å². The van der Waals surface area contributed by atoms with E-state index in [0.717, 1.165) is 22.4 Å². The monoisotopic (exact) mass is 404 g/mol. The molecule has 1 heterocycles. The number of fused-ring (bicyclic) bond motifs is 1. The Morgan fingerprint density at radius 1 is 1.07 bits per heavy atom. The van der Waals surface area contributed by atoms with E-state index in [2.05, 4.69) is 10.6 Å². The third-order valence-electron chi connectivity index (χ3n) is 4.71.